The maximum atomic E-state index is 12.2. The number of rotatable bonds is 4. The van der Waals surface area contributed by atoms with Gasteiger partial charge < -0.3 is 10.4 Å². The van der Waals surface area contributed by atoms with E-state index in [1.807, 2.05) is 27.7 Å². The van der Waals surface area contributed by atoms with E-state index in [2.05, 4.69) is 15.6 Å². The fourth-order valence-corrected chi connectivity index (χ4v) is 2.36. The Kier molecular flexibility index (Phi) is 4.00. The van der Waals surface area contributed by atoms with E-state index in [1.165, 1.54) is 0 Å². The molecule has 114 valence electrons. The van der Waals surface area contributed by atoms with Gasteiger partial charge in [0.2, 0.25) is 5.91 Å². The summed E-state index contributed by atoms with van der Waals surface area (Å²) in [4.78, 5) is 27.9. The lowest BCUT2D eigenvalue weighted by Crippen LogP contribution is -2.48. The third-order valence-corrected chi connectivity index (χ3v) is 4.23. The van der Waals surface area contributed by atoms with Crippen LogP contribution in [-0.2, 0) is 11.2 Å². The Hall–Kier alpha value is -1.95. The normalized spacial score (nSPS) is 25.2. The van der Waals surface area contributed by atoms with Gasteiger partial charge in [-0.1, -0.05) is 20.8 Å². The molecule has 0 radical (unpaired) electrons. The van der Waals surface area contributed by atoms with Crippen molar-refractivity contribution in [3.05, 3.63) is 29.1 Å². The first-order valence-electron chi connectivity index (χ1n) is 7.10. The molecule has 6 heteroatoms. The average molecular weight is 291 g/mol. The minimum Gasteiger partial charge on any atom is -0.478 e. The molecule has 1 aliphatic heterocycles. The summed E-state index contributed by atoms with van der Waals surface area (Å²) in [6.45, 7) is 7.64. The lowest BCUT2D eigenvalue weighted by Gasteiger charge is -2.26. The molecule has 3 N–H and O–H groups in total. The van der Waals surface area contributed by atoms with Gasteiger partial charge >= 0.3 is 5.97 Å². The Labute approximate surface area is 124 Å². The molecule has 0 aromatic carbocycles. The second-order valence-corrected chi connectivity index (χ2v) is 5.84. The molecule has 1 aliphatic rings. The minimum atomic E-state index is -1.04. The van der Waals surface area contributed by atoms with E-state index in [0.717, 1.165) is 5.56 Å². The fraction of sp³-hybridized carbons (Fsp3) is 0.533. The number of aryl methyl sites for hydroxylation is 1. The quantitative estimate of drug-likeness (QED) is 0.781. The molecular weight excluding hydrogens is 270 g/mol. The maximum absolute atomic E-state index is 12.2. The van der Waals surface area contributed by atoms with Gasteiger partial charge in [-0.25, -0.2) is 4.79 Å². The molecule has 0 spiro atoms. The second kappa shape index (κ2) is 5.44. The number of carbonyl (C=O) groups is 2. The van der Waals surface area contributed by atoms with Gasteiger partial charge in [0.25, 0.3) is 0 Å². The van der Waals surface area contributed by atoms with Crippen LogP contribution in [0, 0.1) is 5.92 Å². The number of carboxylic acids is 1. The Balaban J connectivity index is 2.40. The topological polar surface area (TPSA) is 91.3 Å². The molecule has 21 heavy (non-hydrogen) atoms. The van der Waals surface area contributed by atoms with Crippen LogP contribution in [0.2, 0.25) is 0 Å². The van der Waals surface area contributed by atoms with Crippen LogP contribution in [0.3, 0.4) is 0 Å². The van der Waals surface area contributed by atoms with Gasteiger partial charge in [0.15, 0.2) is 0 Å². The van der Waals surface area contributed by atoms with Gasteiger partial charge in [0.1, 0.15) is 6.17 Å². The molecule has 2 heterocycles. The lowest BCUT2D eigenvalue weighted by molar-refractivity contribution is -0.125. The van der Waals surface area contributed by atoms with Crippen molar-refractivity contribution < 1.29 is 14.7 Å². The first-order valence-corrected chi connectivity index (χ1v) is 7.10. The second-order valence-electron chi connectivity index (χ2n) is 5.84. The molecule has 1 fully saturated rings. The number of aromatic carboxylic acids is 1. The van der Waals surface area contributed by atoms with Gasteiger partial charge in [0.05, 0.1) is 16.8 Å². The molecule has 0 bridgehead atoms. The van der Waals surface area contributed by atoms with Crippen LogP contribution in [0.25, 0.3) is 0 Å². The van der Waals surface area contributed by atoms with Gasteiger partial charge in [-0.2, -0.15) is 0 Å². The SMILES string of the molecule is CCc1cnc(C2NC(=O)C(C)(C(C)C)N2)c(C(=O)O)c1. The largest absolute Gasteiger partial charge is 0.478 e. The molecular formula is C15H21N3O3. The summed E-state index contributed by atoms with van der Waals surface area (Å²) in [5, 5.41) is 15.3. The molecule has 0 saturated carbocycles. The van der Waals surface area contributed by atoms with Crippen LogP contribution >= 0.6 is 0 Å². The summed E-state index contributed by atoms with van der Waals surface area (Å²) < 4.78 is 0. The zero-order valence-corrected chi connectivity index (χ0v) is 12.7. The number of carbonyl (C=O) groups excluding carboxylic acids is 1. The van der Waals surface area contributed by atoms with E-state index < -0.39 is 17.7 Å². The number of aromatic nitrogens is 1. The molecule has 1 aromatic rings. The Bertz CT molecular complexity index is 586. The van der Waals surface area contributed by atoms with Crippen LogP contribution in [0.1, 0.15) is 55.5 Å². The van der Waals surface area contributed by atoms with E-state index in [0.29, 0.717) is 12.1 Å². The highest BCUT2D eigenvalue weighted by molar-refractivity contribution is 5.91. The number of amides is 1. The molecule has 2 rings (SSSR count). The molecule has 2 atom stereocenters. The fourth-order valence-electron chi connectivity index (χ4n) is 2.36. The van der Waals surface area contributed by atoms with Gasteiger partial charge in [0, 0.05) is 6.20 Å². The van der Waals surface area contributed by atoms with Crippen molar-refractivity contribution in [1.29, 1.82) is 0 Å². The zero-order valence-electron chi connectivity index (χ0n) is 12.7. The summed E-state index contributed by atoms with van der Waals surface area (Å²) in [5.74, 6) is -1.10. The highest BCUT2D eigenvalue weighted by atomic mass is 16.4. The van der Waals surface area contributed by atoms with E-state index in [9.17, 15) is 14.7 Å². The summed E-state index contributed by atoms with van der Waals surface area (Å²) in [6, 6.07) is 1.61. The van der Waals surface area contributed by atoms with E-state index in [4.69, 9.17) is 0 Å². The first-order chi connectivity index (χ1) is 9.79. The number of pyridine rings is 1. The molecule has 2 unspecified atom stereocenters. The highest BCUT2D eigenvalue weighted by Gasteiger charge is 2.46. The van der Waals surface area contributed by atoms with Crippen molar-refractivity contribution in [2.75, 3.05) is 0 Å². The van der Waals surface area contributed by atoms with E-state index in [1.54, 1.807) is 12.3 Å². The van der Waals surface area contributed by atoms with Crippen LogP contribution in [0.5, 0.6) is 0 Å². The number of nitrogens with one attached hydrogen (secondary N) is 2. The number of hydrogen-bond acceptors (Lipinski definition) is 4. The molecule has 1 saturated heterocycles. The first kappa shape index (κ1) is 15.4. The van der Waals surface area contributed by atoms with E-state index >= 15 is 0 Å². The lowest BCUT2D eigenvalue weighted by atomic mass is 9.89. The third-order valence-electron chi connectivity index (χ3n) is 4.23. The Morgan fingerprint density at radius 1 is 1.52 bits per heavy atom. The predicted molar refractivity (Wildman–Crippen MR) is 77.8 cm³/mol. The number of nitrogens with zero attached hydrogens (tertiary/aromatic N) is 1. The third kappa shape index (κ3) is 2.63. The van der Waals surface area contributed by atoms with Crippen molar-refractivity contribution in [2.24, 2.45) is 5.92 Å². The van der Waals surface area contributed by atoms with Crippen molar-refractivity contribution in [3.8, 4) is 0 Å². The van der Waals surface area contributed by atoms with Gasteiger partial charge in [-0.05, 0) is 30.9 Å². The smallest absolute Gasteiger partial charge is 0.337 e. The molecule has 1 aromatic heterocycles. The summed E-state index contributed by atoms with van der Waals surface area (Å²) in [5.41, 5.74) is 0.593. The van der Waals surface area contributed by atoms with Crippen LogP contribution < -0.4 is 10.6 Å². The van der Waals surface area contributed by atoms with Crippen molar-refractivity contribution in [3.63, 3.8) is 0 Å². The van der Waals surface area contributed by atoms with Crippen molar-refractivity contribution >= 4 is 11.9 Å². The highest BCUT2D eigenvalue weighted by Crippen LogP contribution is 2.28. The van der Waals surface area contributed by atoms with Gasteiger partial charge in [-0.15, -0.1) is 0 Å². The summed E-state index contributed by atoms with van der Waals surface area (Å²) in [7, 11) is 0. The Morgan fingerprint density at radius 2 is 2.19 bits per heavy atom. The monoisotopic (exact) mass is 291 g/mol. The minimum absolute atomic E-state index is 0.0747. The van der Waals surface area contributed by atoms with Crippen LogP contribution in [0.15, 0.2) is 12.3 Å². The van der Waals surface area contributed by atoms with Crippen LogP contribution in [0.4, 0.5) is 0 Å². The predicted octanol–water partition coefficient (Wildman–Crippen LogP) is 1.47. The summed E-state index contributed by atoms with van der Waals surface area (Å²) in [6.07, 6.45) is 1.78. The zero-order chi connectivity index (χ0) is 15.8. The molecule has 6 nitrogen and oxygen atoms in total. The van der Waals surface area contributed by atoms with Gasteiger partial charge in [-0.3, -0.25) is 15.1 Å². The number of hydrogen-bond donors (Lipinski definition) is 3. The standard InChI is InChI=1S/C15H21N3O3/c1-5-9-6-10(13(19)20)11(16-7-9)12-17-14(21)15(4,18-12)8(2)3/h6-8,12,18H,5H2,1-4H3,(H,17,21)(H,19,20). The molecule has 1 amide bonds. The maximum Gasteiger partial charge on any atom is 0.337 e. The van der Waals surface area contributed by atoms with Crippen LogP contribution in [-0.4, -0.2) is 27.5 Å². The van der Waals surface area contributed by atoms with Crippen molar-refractivity contribution in [1.82, 2.24) is 15.6 Å². The van der Waals surface area contributed by atoms with E-state index in [-0.39, 0.29) is 17.4 Å². The number of carboxylic acid groups (broad SMARTS) is 1. The Morgan fingerprint density at radius 3 is 2.67 bits per heavy atom. The summed E-state index contributed by atoms with van der Waals surface area (Å²) >= 11 is 0. The van der Waals surface area contributed by atoms with Crippen molar-refractivity contribution in [2.45, 2.75) is 45.8 Å². The average Bonchev–Trinajstić information content (AvgIpc) is 2.75. The molecule has 0 aliphatic carbocycles.